The van der Waals surface area contributed by atoms with E-state index in [0.717, 1.165) is 22.2 Å². The lowest BCUT2D eigenvalue weighted by molar-refractivity contribution is 0.103. The van der Waals surface area contributed by atoms with E-state index in [4.69, 9.17) is 4.74 Å². The lowest BCUT2D eigenvalue weighted by Gasteiger charge is -1.98. The van der Waals surface area contributed by atoms with Gasteiger partial charge >= 0.3 is 0 Å². The Labute approximate surface area is 117 Å². The summed E-state index contributed by atoms with van der Waals surface area (Å²) in [6.07, 6.45) is 0. The number of rotatable bonds is 3. The summed E-state index contributed by atoms with van der Waals surface area (Å²) in [5.41, 5.74) is 3.36. The van der Waals surface area contributed by atoms with Gasteiger partial charge in [-0.05, 0) is 31.2 Å². The molecule has 3 nitrogen and oxygen atoms in total. The van der Waals surface area contributed by atoms with Gasteiger partial charge in [-0.2, -0.15) is 0 Å². The van der Waals surface area contributed by atoms with Crippen molar-refractivity contribution in [2.75, 3.05) is 7.11 Å². The topological polar surface area (TPSA) is 42.1 Å². The molecule has 0 saturated heterocycles. The first-order chi connectivity index (χ1) is 9.67. The Balaban J connectivity index is 2.01. The number of aromatic nitrogens is 1. The van der Waals surface area contributed by atoms with Gasteiger partial charge in [0.2, 0.25) is 5.78 Å². The third kappa shape index (κ3) is 2.18. The van der Waals surface area contributed by atoms with Crippen LogP contribution in [0, 0.1) is 6.92 Å². The van der Waals surface area contributed by atoms with Gasteiger partial charge in [-0.3, -0.25) is 4.79 Å². The maximum atomic E-state index is 12.4. The molecule has 1 heterocycles. The van der Waals surface area contributed by atoms with Crippen LogP contribution in [0.15, 0.2) is 48.5 Å². The second-order valence-electron chi connectivity index (χ2n) is 4.83. The van der Waals surface area contributed by atoms with Gasteiger partial charge < -0.3 is 9.72 Å². The highest BCUT2D eigenvalue weighted by atomic mass is 16.5. The van der Waals surface area contributed by atoms with Crippen molar-refractivity contribution < 1.29 is 9.53 Å². The summed E-state index contributed by atoms with van der Waals surface area (Å²) in [7, 11) is 1.63. The maximum Gasteiger partial charge on any atom is 0.209 e. The normalized spacial score (nSPS) is 10.7. The van der Waals surface area contributed by atoms with E-state index in [9.17, 15) is 4.79 Å². The van der Waals surface area contributed by atoms with Gasteiger partial charge in [-0.25, -0.2) is 0 Å². The smallest absolute Gasteiger partial charge is 0.209 e. The van der Waals surface area contributed by atoms with E-state index in [1.807, 2.05) is 55.5 Å². The van der Waals surface area contributed by atoms with Crippen molar-refractivity contribution in [2.45, 2.75) is 6.92 Å². The van der Waals surface area contributed by atoms with E-state index >= 15 is 0 Å². The van der Waals surface area contributed by atoms with E-state index in [0.29, 0.717) is 11.3 Å². The summed E-state index contributed by atoms with van der Waals surface area (Å²) in [4.78, 5) is 15.6. The Kier molecular flexibility index (Phi) is 3.03. The number of hydrogen-bond donors (Lipinski definition) is 1. The van der Waals surface area contributed by atoms with Gasteiger partial charge in [0.15, 0.2) is 0 Å². The highest BCUT2D eigenvalue weighted by Crippen LogP contribution is 2.22. The minimum atomic E-state index is 0.000154. The van der Waals surface area contributed by atoms with Crippen molar-refractivity contribution in [1.29, 1.82) is 0 Å². The predicted octanol–water partition coefficient (Wildman–Crippen LogP) is 3.72. The van der Waals surface area contributed by atoms with Gasteiger partial charge in [-0.15, -0.1) is 0 Å². The molecule has 1 N–H and O–H groups in total. The summed E-state index contributed by atoms with van der Waals surface area (Å²) in [6, 6.07) is 15.2. The van der Waals surface area contributed by atoms with Crippen molar-refractivity contribution >= 4 is 16.7 Å². The Bertz CT molecular complexity index is 769. The summed E-state index contributed by atoms with van der Waals surface area (Å²) in [5, 5.41) is 0.972. The number of hydrogen-bond acceptors (Lipinski definition) is 2. The average Bonchev–Trinajstić information content (AvgIpc) is 2.90. The summed E-state index contributed by atoms with van der Waals surface area (Å²) in [6.45, 7) is 2.00. The molecule has 2 aromatic carbocycles. The molecule has 0 amide bonds. The standard InChI is InChI=1S/C17H15NO2/c1-11-3-5-12(6-4-11)17(19)16-10-13-9-14(20-2)7-8-15(13)18-16/h3-10,18H,1-2H3. The number of aromatic amines is 1. The molecule has 0 aliphatic heterocycles. The summed E-state index contributed by atoms with van der Waals surface area (Å²) < 4.78 is 5.19. The molecule has 1 aromatic heterocycles. The van der Waals surface area contributed by atoms with Gasteiger partial charge in [0.1, 0.15) is 5.75 Å². The van der Waals surface area contributed by atoms with Crippen molar-refractivity contribution in [2.24, 2.45) is 0 Å². The van der Waals surface area contributed by atoms with E-state index < -0.39 is 0 Å². The molecule has 100 valence electrons. The molecule has 0 radical (unpaired) electrons. The molecule has 3 rings (SSSR count). The zero-order valence-electron chi connectivity index (χ0n) is 11.4. The zero-order chi connectivity index (χ0) is 14.1. The molecule has 20 heavy (non-hydrogen) atoms. The van der Waals surface area contributed by atoms with Crippen LogP contribution in [0.5, 0.6) is 5.75 Å². The fourth-order valence-corrected chi connectivity index (χ4v) is 2.22. The van der Waals surface area contributed by atoms with Crippen LogP contribution in [0.3, 0.4) is 0 Å². The minimum absolute atomic E-state index is 0.000154. The van der Waals surface area contributed by atoms with E-state index in [1.165, 1.54) is 0 Å². The SMILES string of the molecule is COc1ccc2[nH]c(C(=O)c3ccc(C)cc3)cc2c1. The Morgan fingerprint density at radius 1 is 1.05 bits per heavy atom. The zero-order valence-corrected chi connectivity index (χ0v) is 11.4. The molecular formula is C17H15NO2. The largest absolute Gasteiger partial charge is 0.497 e. The number of H-pyrrole nitrogens is 1. The lowest BCUT2D eigenvalue weighted by Crippen LogP contribution is -2.01. The fourth-order valence-electron chi connectivity index (χ4n) is 2.22. The number of methoxy groups -OCH3 is 1. The minimum Gasteiger partial charge on any atom is -0.497 e. The molecular weight excluding hydrogens is 250 g/mol. The molecule has 3 aromatic rings. The van der Waals surface area contributed by atoms with Crippen molar-refractivity contribution in [3.63, 3.8) is 0 Å². The summed E-state index contributed by atoms with van der Waals surface area (Å²) in [5.74, 6) is 0.783. The molecule has 0 spiro atoms. The molecule has 0 aliphatic carbocycles. The van der Waals surface area contributed by atoms with Gasteiger partial charge in [0.25, 0.3) is 0 Å². The van der Waals surface area contributed by atoms with Crippen LogP contribution in [0.1, 0.15) is 21.6 Å². The first-order valence-electron chi connectivity index (χ1n) is 6.45. The van der Waals surface area contributed by atoms with Crippen LogP contribution in [0.25, 0.3) is 10.9 Å². The Hall–Kier alpha value is -2.55. The predicted molar refractivity (Wildman–Crippen MR) is 79.5 cm³/mol. The van der Waals surface area contributed by atoms with Crippen LogP contribution in [0.2, 0.25) is 0 Å². The van der Waals surface area contributed by atoms with Gasteiger partial charge in [-0.1, -0.05) is 29.8 Å². The number of carbonyl (C=O) groups excluding carboxylic acids is 1. The van der Waals surface area contributed by atoms with Gasteiger partial charge in [0.05, 0.1) is 12.8 Å². The average molecular weight is 265 g/mol. The fraction of sp³-hybridized carbons (Fsp3) is 0.118. The third-order valence-corrected chi connectivity index (χ3v) is 3.39. The molecule has 0 fully saturated rings. The van der Waals surface area contributed by atoms with E-state index in [1.54, 1.807) is 7.11 Å². The number of benzene rings is 2. The molecule has 3 heteroatoms. The van der Waals surface area contributed by atoms with Crippen LogP contribution < -0.4 is 4.74 Å². The number of ether oxygens (including phenoxy) is 1. The molecule has 0 atom stereocenters. The number of carbonyl (C=O) groups is 1. The number of aryl methyl sites for hydroxylation is 1. The van der Waals surface area contributed by atoms with Crippen molar-refractivity contribution in [3.05, 3.63) is 65.4 Å². The van der Waals surface area contributed by atoms with Crippen molar-refractivity contribution in [1.82, 2.24) is 4.98 Å². The molecule has 0 aliphatic rings. The number of ketones is 1. The first kappa shape index (κ1) is 12.5. The van der Waals surface area contributed by atoms with Crippen LogP contribution >= 0.6 is 0 Å². The molecule has 0 unspecified atom stereocenters. The second-order valence-corrected chi connectivity index (χ2v) is 4.83. The van der Waals surface area contributed by atoms with Crippen molar-refractivity contribution in [3.8, 4) is 5.75 Å². The van der Waals surface area contributed by atoms with E-state index in [2.05, 4.69) is 4.98 Å². The van der Waals surface area contributed by atoms with Crippen LogP contribution in [0.4, 0.5) is 0 Å². The number of nitrogens with one attached hydrogen (secondary N) is 1. The lowest BCUT2D eigenvalue weighted by atomic mass is 10.1. The molecule has 0 saturated carbocycles. The van der Waals surface area contributed by atoms with Crippen LogP contribution in [-0.2, 0) is 0 Å². The second kappa shape index (κ2) is 4.85. The highest BCUT2D eigenvalue weighted by molar-refractivity contribution is 6.10. The quantitative estimate of drug-likeness (QED) is 0.733. The van der Waals surface area contributed by atoms with Gasteiger partial charge in [0, 0.05) is 16.5 Å². The number of fused-ring (bicyclic) bond motifs is 1. The first-order valence-corrected chi connectivity index (χ1v) is 6.45. The van der Waals surface area contributed by atoms with E-state index in [-0.39, 0.29) is 5.78 Å². The third-order valence-electron chi connectivity index (χ3n) is 3.39. The maximum absolute atomic E-state index is 12.4. The Morgan fingerprint density at radius 2 is 1.80 bits per heavy atom. The molecule has 0 bridgehead atoms. The monoisotopic (exact) mass is 265 g/mol. The van der Waals surface area contributed by atoms with Crippen LogP contribution in [-0.4, -0.2) is 17.9 Å². The summed E-state index contributed by atoms with van der Waals surface area (Å²) >= 11 is 0. The Morgan fingerprint density at radius 3 is 2.50 bits per heavy atom. The highest BCUT2D eigenvalue weighted by Gasteiger charge is 2.12.